The number of sulfone groups is 1. The Morgan fingerprint density at radius 3 is 2.63 bits per heavy atom. The molecule has 7 nitrogen and oxygen atoms in total. The third-order valence-corrected chi connectivity index (χ3v) is 8.55. The van der Waals surface area contributed by atoms with E-state index in [2.05, 4.69) is 15.5 Å². The maximum atomic E-state index is 15.0. The average molecular weight is 546 g/mol. The molecule has 1 atom stereocenters. The number of rotatable bonds is 9. The van der Waals surface area contributed by atoms with Gasteiger partial charge >= 0.3 is 0 Å². The summed E-state index contributed by atoms with van der Waals surface area (Å²) in [5.74, 6) is -1.21. The molecule has 1 amide bonds. The van der Waals surface area contributed by atoms with E-state index in [1.54, 1.807) is 0 Å². The highest BCUT2D eigenvalue weighted by molar-refractivity contribution is 7.91. The van der Waals surface area contributed by atoms with E-state index in [9.17, 15) is 17.6 Å². The van der Waals surface area contributed by atoms with Crippen LogP contribution in [0.4, 0.5) is 4.39 Å². The van der Waals surface area contributed by atoms with Crippen molar-refractivity contribution in [1.82, 2.24) is 15.5 Å². The van der Waals surface area contributed by atoms with Gasteiger partial charge in [-0.2, -0.15) is 0 Å². The molecule has 1 fully saturated rings. The van der Waals surface area contributed by atoms with Crippen LogP contribution in [0.3, 0.4) is 0 Å². The maximum absolute atomic E-state index is 15.0. The number of carbonyl (C=O) groups excluding carboxylic acids is 1. The quantitative estimate of drug-likeness (QED) is 0.494. The van der Waals surface area contributed by atoms with Crippen LogP contribution in [0.5, 0.6) is 5.75 Å². The number of nitrogens with one attached hydrogen (secondary N) is 2. The number of methoxy groups -OCH3 is 1. The number of nitrogens with zero attached hydrogens (tertiary/aromatic N) is 1. The standard InChI is InChI=1S/C24H30Cl2FN3O4S/c1-4-35(32,33)23-16(8-17(25)11-22(23)34-3)12-29-24(31)15-9-20(26)19(21(27)10-15)14-30-7-5-6-18(13-30)28-2/h8-11,18,28H,4-7,12-14H2,1-3H3,(H,29,31)/t18-/m0/s1. The van der Waals surface area contributed by atoms with Gasteiger partial charge in [-0.15, -0.1) is 0 Å². The molecule has 1 saturated heterocycles. The fraction of sp³-hybridized carbons (Fsp3) is 0.458. The molecule has 0 spiro atoms. The van der Waals surface area contributed by atoms with E-state index in [1.165, 1.54) is 32.2 Å². The SMILES string of the molecule is CCS(=O)(=O)c1c(CNC(=O)c2cc(F)c(CN3CCC[C@H](NC)C3)c(Cl)c2)cc(Cl)cc1OC. The lowest BCUT2D eigenvalue weighted by Crippen LogP contribution is -2.44. The number of carbonyl (C=O) groups is 1. The van der Waals surface area contributed by atoms with Gasteiger partial charge in [0.1, 0.15) is 16.5 Å². The van der Waals surface area contributed by atoms with Gasteiger partial charge in [-0.25, -0.2) is 12.8 Å². The molecule has 0 saturated carbocycles. The number of halogens is 3. The van der Waals surface area contributed by atoms with E-state index in [4.69, 9.17) is 27.9 Å². The molecular formula is C24H30Cl2FN3O4S. The van der Waals surface area contributed by atoms with Crippen LogP contribution in [0.1, 0.15) is 41.3 Å². The minimum Gasteiger partial charge on any atom is -0.495 e. The number of piperidine rings is 1. The number of ether oxygens (including phenoxy) is 1. The lowest BCUT2D eigenvalue weighted by atomic mass is 10.0. The van der Waals surface area contributed by atoms with Gasteiger partial charge in [0.15, 0.2) is 9.84 Å². The molecule has 1 aliphatic heterocycles. The predicted molar refractivity (Wildman–Crippen MR) is 136 cm³/mol. The van der Waals surface area contributed by atoms with Crippen molar-refractivity contribution in [2.45, 2.75) is 43.8 Å². The van der Waals surface area contributed by atoms with Crippen molar-refractivity contribution in [1.29, 1.82) is 0 Å². The molecule has 3 rings (SSSR count). The van der Waals surface area contributed by atoms with E-state index in [0.29, 0.717) is 18.2 Å². The topological polar surface area (TPSA) is 87.7 Å². The lowest BCUT2D eigenvalue weighted by Gasteiger charge is -2.32. The number of likely N-dealkylation sites (tertiary alicyclic amines) is 1. The molecule has 2 aromatic rings. The third kappa shape index (κ3) is 6.65. The summed E-state index contributed by atoms with van der Waals surface area (Å²) in [6.07, 6.45) is 2.08. The number of hydrogen-bond donors (Lipinski definition) is 2. The highest BCUT2D eigenvalue weighted by atomic mass is 35.5. The lowest BCUT2D eigenvalue weighted by molar-refractivity contribution is 0.0950. The monoisotopic (exact) mass is 545 g/mol. The van der Waals surface area contributed by atoms with Gasteiger partial charge in [-0.3, -0.25) is 9.69 Å². The Morgan fingerprint density at radius 2 is 2.00 bits per heavy atom. The summed E-state index contributed by atoms with van der Waals surface area (Å²) < 4.78 is 45.5. The largest absolute Gasteiger partial charge is 0.495 e. The van der Waals surface area contributed by atoms with Crippen LogP contribution in [0.2, 0.25) is 10.0 Å². The Hall–Kier alpha value is -1.91. The smallest absolute Gasteiger partial charge is 0.251 e. The molecule has 1 heterocycles. The summed E-state index contributed by atoms with van der Waals surface area (Å²) in [7, 11) is -0.408. The molecule has 35 heavy (non-hydrogen) atoms. The fourth-order valence-corrected chi connectivity index (χ4v) is 5.99. The molecule has 2 aromatic carbocycles. The summed E-state index contributed by atoms with van der Waals surface area (Å²) in [4.78, 5) is 14.9. The summed E-state index contributed by atoms with van der Waals surface area (Å²) >= 11 is 12.5. The predicted octanol–water partition coefficient (Wildman–Crippen LogP) is 4.05. The third-order valence-electron chi connectivity index (χ3n) is 6.15. The first kappa shape index (κ1) is 27.7. The Balaban J connectivity index is 1.79. The molecule has 0 radical (unpaired) electrons. The Bertz CT molecular complexity index is 1170. The van der Waals surface area contributed by atoms with Gasteiger partial charge in [0.05, 0.1) is 12.9 Å². The zero-order valence-corrected chi connectivity index (χ0v) is 22.3. The van der Waals surface area contributed by atoms with Gasteiger partial charge < -0.3 is 15.4 Å². The normalized spacial score (nSPS) is 16.8. The zero-order valence-electron chi connectivity index (χ0n) is 20.0. The van der Waals surface area contributed by atoms with E-state index in [1.807, 2.05) is 7.05 Å². The second kappa shape index (κ2) is 11.9. The average Bonchev–Trinajstić information content (AvgIpc) is 2.84. The Kier molecular flexibility index (Phi) is 9.40. The first-order chi connectivity index (χ1) is 16.6. The van der Waals surface area contributed by atoms with Gasteiger partial charge in [0.25, 0.3) is 5.91 Å². The van der Waals surface area contributed by atoms with Gasteiger partial charge in [0.2, 0.25) is 0 Å². The Morgan fingerprint density at radius 1 is 1.26 bits per heavy atom. The molecular weight excluding hydrogens is 516 g/mol. The minimum atomic E-state index is -3.67. The van der Waals surface area contributed by atoms with Crippen LogP contribution in [0, 0.1) is 5.82 Å². The van der Waals surface area contributed by atoms with E-state index >= 15 is 0 Å². The summed E-state index contributed by atoms with van der Waals surface area (Å²) in [5, 5.41) is 6.32. The van der Waals surface area contributed by atoms with E-state index in [-0.39, 0.29) is 44.1 Å². The molecule has 0 aliphatic carbocycles. The van der Waals surface area contributed by atoms with Gasteiger partial charge in [-0.1, -0.05) is 30.1 Å². The zero-order chi connectivity index (χ0) is 25.8. The van der Waals surface area contributed by atoms with Gasteiger partial charge in [0, 0.05) is 52.9 Å². The Labute approximate surface area is 215 Å². The molecule has 1 aliphatic rings. The summed E-state index contributed by atoms with van der Waals surface area (Å²) in [6.45, 7) is 3.36. The summed E-state index contributed by atoms with van der Waals surface area (Å²) in [6, 6.07) is 5.79. The van der Waals surface area contributed by atoms with Crippen molar-refractivity contribution < 1.29 is 22.3 Å². The number of benzene rings is 2. The second-order valence-corrected chi connectivity index (χ2v) is 11.5. The first-order valence-electron chi connectivity index (χ1n) is 11.3. The molecule has 0 aromatic heterocycles. The van der Waals surface area contributed by atoms with E-state index < -0.39 is 21.6 Å². The minimum absolute atomic E-state index is 0.0341. The van der Waals surface area contributed by atoms with E-state index in [0.717, 1.165) is 32.0 Å². The number of amides is 1. The summed E-state index contributed by atoms with van der Waals surface area (Å²) in [5.41, 5.74) is 0.657. The van der Waals surface area contributed by atoms with Crippen LogP contribution < -0.4 is 15.4 Å². The number of likely N-dealkylation sites (N-methyl/N-ethyl adjacent to an activating group) is 1. The van der Waals surface area contributed by atoms with Crippen LogP contribution in [-0.4, -0.2) is 58.3 Å². The fourth-order valence-electron chi connectivity index (χ4n) is 4.22. The molecule has 0 unspecified atom stereocenters. The van der Waals surface area contributed by atoms with Crippen LogP contribution in [0.25, 0.3) is 0 Å². The first-order valence-corrected chi connectivity index (χ1v) is 13.7. The molecule has 192 valence electrons. The van der Waals surface area contributed by atoms with Crippen molar-refractivity contribution in [3.63, 3.8) is 0 Å². The van der Waals surface area contributed by atoms with Crippen molar-refractivity contribution >= 4 is 38.9 Å². The molecule has 11 heteroatoms. The van der Waals surface area contributed by atoms with Crippen molar-refractivity contribution in [2.75, 3.05) is 33.0 Å². The van der Waals surface area contributed by atoms with Crippen LogP contribution >= 0.6 is 23.2 Å². The number of hydrogen-bond acceptors (Lipinski definition) is 6. The second-order valence-electron chi connectivity index (χ2n) is 8.46. The van der Waals surface area contributed by atoms with Crippen molar-refractivity contribution in [2.24, 2.45) is 0 Å². The van der Waals surface area contributed by atoms with Crippen LogP contribution in [-0.2, 0) is 22.9 Å². The molecule has 2 N–H and O–H groups in total. The van der Waals surface area contributed by atoms with Gasteiger partial charge in [-0.05, 0) is 50.2 Å². The maximum Gasteiger partial charge on any atom is 0.251 e. The van der Waals surface area contributed by atoms with Crippen molar-refractivity contribution in [3.8, 4) is 5.75 Å². The highest BCUT2D eigenvalue weighted by Gasteiger charge is 2.25. The van der Waals surface area contributed by atoms with Crippen molar-refractivity contribution in [3.05, 3.63) is 56.8 Å². The molecule has 0 bridgehead atoms. The highest BCUT2D eigenvalue weighted by Crippen LogP contribution is 2.32. The van der Waals surface area contributed by atoms with Crippen LogP contribution in [0.15, 0.2) is 29.2 Å².